The zero-order valence-corrected chi connectivity index (χ0v) is 16.7. The van der Waals surface area contributed by atoms with E-state index in [1.54, 1.807) is 18.4 Å². The van der Waals surface area contributed by atoms with Gasteiger partial charge in [-0.2, -0.15) is 0 Å². The van der Waals surface area contributed by atoms with Gasteiger partial charge < -0.3 is 19.5 Å². The lowest BCUT2D eigenvalue weighted by Gasteiger charge is -2.37. The number of hydrogen-bond acceptors (Lipinski definition) is 4. The van der Waals surface area contributed by atoms with E-state index >= 15 is 0 Å². The van der Waals surface area contributed by atoms with Crippen molar-refractivity contribution in [3.63, 3.8) is 0 Å². The first-order valence-corrected chi connectivity index (χ1v) is 10.3. The summed E-state index contributed by atoms with van der Waals surface area (Å²) in [6, 6.07) is 4.04. The Morgan fingerprint density at radius 3 is 2.63 bits per heavy atom. The summed E-state index contributed by atoms with van der Waals surface area (Å²) in [6.07, 6.45) is 5.40. The minimum absolute atomic E-state index is 0.0256. The van der Waals surface area contributed by atoms with E-state index in [2.05, 4.69) is 29.0 Å². The van der Waals surface area contributed by atoms with Crippen molar-refractivity contribution in [2.45, 2.75) is 39.2 Å². The molecule has 2 fully saturated rings. The number of hydrogen-bond donors (Lipinski definition) is 1. The molecule has 0 saturated carbocycles. The van der Waals surface area contributed by atoms with Crippen molar-refractivity contribution in [2.24, 2.45) is 4.99 Å². The highest BCUT2D eigenvalue weighted by molar-refractivity contribution is 5.91. The average Bonchev–Trinajstić information content (AvgIpc) is 3.26. The fourth-order valence-corrected chi connectivity index (χ4v) is 3.98. The third kappa shape index (κ3) is 5.03. The topological polar surface area (TPSA) is 64.3 Å². The summed E-state index contributed by atoms with van der Waals surface area (Å²) >= 11 is 0. The van der Waals surface area contributed by atoms with Gasteiger partial charge in [0.05, 0.1) is 12.8 Å². The van der Waals surface area contributed by atoms with Gasteiger partial charge in [-0.15, -0.1) is 0 Å². The van der Waals surface area contributed by atoms with Crippen molar-refractivity contribution in [3.05, 3.63) is 24.2 Å². The molecular weight excluding hydrogens is 342 g/mol. The Hall–Kier alpha value is -2.02. The number of piperidine rings is 1. The number of guanidine groups is 1. The van der Waals surface area contributed by atoms with E-state index < -0.39 is 0 Å². The fourth-order valence-electron chi connectivity index (χ4n) is 3.98. The summed E-state index contributed by atoms with van der Waals surface area (Å²) in [4.78, 5) is 24.1. The summed E-state index contributed by atoms with van der Waals surface area (Å²) in [5.74, 6) is 1.37. The van der Waals surface area contributed by atoms with Crippen molar-refractivity contribution in [3.8, 4) is 0 Å². The summed E-state index contributed by atoms with van der Waals surface area (Å²) in [7, 11) is 0. The Balaban J connectivity index is 1.56. The second-order valence-corrected chi connectivity index (χ2v) is 7.23. The van der Waals surface area contributed by atoms with Crippen LogP contribution in [0, 0.1) is 0 Å². The molecule has 0 aliphatic carbocycles. The van der Waals surface area contributed by atoms with Crippen LogP contribution in [0.5, 0.6) is 0 Å². The van der Waals surface area contributed by atoms with E-state index in [9.17, 15) is 4.79 Å². The van der Waals surface area contributed by atoms with Crippen molar-refractivity contribution < 1.29 is 9.21 Å². The Bertz CT molecular complexity index is 608. The number of aliphatic imine (C=N–C) groups is 1. The number of amides is 1. The molecule has 1 unspecified atom stereocenters. The van der Waals surface area contributed by atoms with E-state index in [1.807, 2.05) is 4.90 Å². The SMILES string of the molecule is CCNC(=NCC1CCCCN1CC)N1CCN(C(=O)c2ccco2)CC1. The smallest absolute Gasteiger partial charge is 0.289 e. The number of likely N-dealkylation sites (N-methyl/N-ethyl adjacent to an activating group) is 1. The number of rotatable bonds is 5. The number of likely N-dealkylation sites (tertiary alicyclic amines) is 1. The molecule has 1 atom stereocenters. The van der Waals surface area contributed by atoms with Gasteiger partial charge in [0, 0.05) is 38.8 Å². The van der Waals surface area contributed by atoms with Crippen LogP contribution >= 0.6 is 0 Å². The summed E-state index contributed by atoms with van der Waals surface area (Å²) in [6.45, 7) is 11.3. The largest absolute Gasteiger partial charge is 0.459 e. The molecule has 0 aromatic carbocycles. The van der Waals surface area contributed by atoms with E-state index in [1.165, 1.54) is 25.8 Å². The van der Waals surface area contributed by atoms with Crippen LogP contribution < -0.4 is 5.32 Å². The summed E-state index contributed by atoms with van der Waals surface area (Å²) in [5.41, 5.74) is 0. The van der Waals surface area contributed by atoms with Crippen molar-refractivity contribution >= 4 is 11.9 Å². The van der Waals surface area contributed by atoms with Gasteiger partial charge in [0.1, 0.15) is 0 Å². The normalized spacial score (nSPS) is 22.1. The van der Waals surface area contributed by atoms with Crippen LogP contribution in [-0.4, -0.2) is 85.0 Å². The third-order valence-corrected chi connectivity index (χ3v) is 5.54. The lowest BCUT2D eigenvalue weighted by molar-refractivity contribution is 0.0657. The molecule has 1 aromatic heterocycles. The van der Waals surface area contributed by atoms with E-state index in [0.29, 0.717) is 24.9 Å². The molecule has 0 spiro atoms. The van der Waals surface area contributed by atoms with Crippen LogP contribution in [0.25, 0.3) is 0 Å². The molecule has 1 amide bonds. The van der Waals surface area contributed by atoms with Crippen LogP contribution in [0.2, 0.25) is 0 Å². The highest BCUT2D eigenvalue weighted by Gasteiger charge is 2.26. The van der Waals surface area contributed by atoms with E-state index in [0.717, 1.165) is 38.7 Å². The monoisotopic (exact) mass is 375 g/mol. The average molecular weight is 376 g/mol. The highest BCUT2D eigenvalue weighted by atomic mass is 16.3. The Labute approximate surface area is 162 Å². The van der Waals surface area contributed by atoms with E-state index in [4.69, 9.17) is 9.41 Å². The Morgan fingerprint density at radius 2 is 1.96 bits per heavy atom. The molecule has 3 rings (SSSR count). The molecule has 7 nitrogen and oxygen atoms in total. The van der Waals surface area contributed by atoms with Crippen molar-refractivity contribution in [1.82, 2.24) is 20.0 Å². The van der Waals surface area contributed by atoms with Gasteiger partial charge in [-0.1, -0.05) is 13.3 Å². The molecule has 3 heterocycles. The maximum Gasteiger partial charge on any atom is 0.289 e. The molecule has 1 aromatic rings. The van der Waals surface area contributed by atoms with Gasteiger partial charge in [-0.25, -0.2) is 0 Å². The standard InChI is InChI=1S/C20H33N5O2/c1-3-21-20(22-16-17-8-5-6-10-23(17)4-2)25-13-11-24(12-14-25)19(26)18-9-7-15-27-18/h7,9,15,17H,3-6,8,10-14,16H2,1-2H3,(H,21,22). The number of nitrogens with zero attached hydrogens (tertiary/aromatic N) is 4. The molecule has 7 heteroatoms. The first-order chi connectivity index (χ1) is 13.2. The van der Waals surface area contributed by atoms with Crippen molar-refractivity contribution in [2.75, 3.05) is 52.4 Å². The zero-order valence-electron chi connectivity index (χ0n) is 16.7. The van der Waals surface area contributed by atoms with E-state index in [-0.39, 0.29) is 5.91 Å². The van der Waals surface area contributed by atoms with Gasteiger partial charge in [0.2, 0.25) is 0 Å². The molecule has 150 valence electrons. The molecule has 2 saturated heterocycles. The van der Waals surface area contributed by atoms with Crippen LogP contribution in [-0.2, 0) is 0 Å². The minimum atomic E-state index is -0.0256. The zero-order chi connectivity index (χ0) is 19.1. The number of nitrogens with one attached hydrogen (secondary N) is 1. The Kier molecular flexibility index (Phi) is 7.15. The quantitative estimate of drug-likeness (QED) is 0.629. The second kappa shape index (κ2) is 9.78. The molecule has 0 bridgehead atoms. The highest BCUT2D eigenvalue weighted by Crippen LogP contribution is 2.17. The number of carbonyl (C=O) groups is 1. The van der Waals surface area contributed by atoms with Gasteiger partial charge in [0.15, 0.2) is 11.7 Å². The van der Waals surface area contributed by atoms with Crippen LogP contribution in [0.1, 0.15) is 43.7 Å². The molecule has 0 radical (unpaired) electrons. The predicted molar refractivity (Wildman–Crippen MR) is 107 cm³/mol. The number of carbonyl (C=O) groups excluding carboxylic acids is 1. The molecule has 2 aliphatic heterocycles. The fraction of sp³-hybridized carbons (Fsp3) is 0.700. The van der Waals surface area contributed by atoms with Gasteiger partial charge in [-0.05, 0) is 45.0 Å². The second-order valence-electron chi connectivity index (χ2n) is 7.23. The first-order valence-electron chi connectivity index (χ1n) is 10.3. The van der Waals surface area contributed by atoms with Crippen molar-refractivity contribution in [1.29, 1.82) is 0 Å². The summed E-state index contributed by atoms with van der Waals surface area (Å²) in [5, 5.41) is 3.43. The van der Waals surface area contributed by atoms with Gasteiger partial charge >= 0.3 is 0 Å². The predicted octanol–water partition coefficient (Wildman–Crippen LogP) is 1.88. The van der Waals surface area contributed by atoms with Crippen LogP contribution in [0.4, 0.5) is 0 Å². The third-order valence-electron chi connectivity index (χ3n) is 5.54. The number of furan rings is 1. The van der Waals surface area contributed by atoms with Crippen LogP contribution in [0.3, 0.4) is 0 Å². The molecular formula is C20H33N5O2. The maximum absolute atomic E-state index is 12.4. The van der Waals surface area contributed by atoms with Gasteiger partial charge in [-0.3, -0.25) is 14.7 Å². The first kappa shape index (κ1) is 19.7. The lowest BCUT2D eigenvalue weighted by atomic mass is 10.0. The minimum Gasteiger partial charge on any atom is -0.459 e. The Morgan fingerprint density at radius 1 is 1.19 bits per heavy atom. The van der Waals surface area contributed by atoms with Gasteiger partial charge in [0.25, 0.3) is 5.91 Å². The lowest BCUT2D eigenvalue weighted by Crippen LogP contribution is -2.54. The summed E-state index contributed by atoms with van der Waals surface area (Å²) < 4.78 is 5.24. The molecule has 27 heavy (non-hydrogen) atoms. The van der Waals surface area contributed by atoms with Crippen LogP contribution in [0.15, 0.2) is 27.8 Å². The number of piperazine rings is 1. The molecule has 2 aliphatic rings. The maximum atomic E-state index is 12.4. The molecule has 1 N–H and O–H groups in total.